The van der Waals surface area contributed by atoms with Gasteiger partial charge in [-0.2, -0.15) is 0 Å². The van der Waals surface area contributed by atoms with E-state index in [9.17, 15) is 24.9 Å². The second kappa shape index (κ2) is 5.41. The lowest BCUT2D eigenvalue weighted by molar-refractivity contribution is -0.110. The Morgan fingerprint density at radius 1 is 1.13 bits per heavy atom. The van der Waals surface area contributed by atoms with Gasteiger partial charge in [-0.1, -0.05) is 6.07 Å². The topological polar surface area (TPSA) is 119 Å². The highest BCUT2D eigenvalue weighted by atomic mass is 16.6. The van der Waals surface area contributed by atoms with Gasteiger partial charge in [0.15, 0.2) is 6.29 Å². The van der Waals surface area contributed by atoms with Gasteiger partial charge in [0, 0.05) is 12.1 Å². The maximum absolute atomic E-state index is 12.3. The van der Waals surface area contributed by atoms with Crippen LogP contribution in [-0.2, 0) is 9.53 Å². The number of carbonyl (C=O) groups is 2. The monoisotopic (exact) mass is 316 g/mol. The average molecular weight is 316 g/mol. The summed E-state index contributed by atoms with van der Waals surface area (Å²) < 4.78 is 4.79. The lowest BCUT2D eigenvalue weighted by Crippen LogP contribution is -2.30. The molecule has 0 saturated heterocycles. The number of nitrogens with one attached hydrogen (secondary N) is 1. The largest absolute Gasteiger partial charge is 0.508 e. The predicted molar refractivity (Wildman–Crippen MR) is 80.7 cm³/mol. The highest BCUT2D eigenvalue weighted by Crippen LogP contribution is 2.52. The zero-order valence-corrected chi connectivity index (χ0v) is 11.7. The molecule has 8 nitrogen and oxygen atoms in total. The summed E-state index contributed by atoms with van der Waals surface area (Å²) >= 11 is 0. The molecule has 4 N–H and O–H groups in total. The van der Waals surface area contributed by atoms with E-state index in [1.807, 2.05) is 0 Å². The molecular formula is C15H12N2O6. The van der Waals surface area contributed by atoms with Crippen molar-refractivity contribution in [3.05, 3.63) is 30.3 Å². The third-order valence-electron chi connectivity index (χ3n) is 3.26. The van der Waals surface area contributed by atoms with E-state index in [0.29, 0.717) is 12.0 Å². The number of para-hydroxylation sites is 1. The first kappa shape index (κ1) is 14.5. The molecule has 0 atom stereocenters. The van der Waals surface area contributed by atoms with Crippen molar-refractivity contribution in [3.63, 3.8) is 0 Å². The normalized spacial score (nSPS) is 11.9. The minimum absolute atomic E-state index is 0.00676. The van der Waals surface area contributed by atoms with Crippen molar-refractivity contribution >= 4 is 35.1 Å². The molecule has 2 aromatic rings. The minimum atomic E-state index is -0.955. The van der Waals surface area contributed by atoms with Crippen molar-refractivity contribution in [3.8, 4) is 17.2 Å². The Hall–Kier alpha value is -3.42. The number of phenols is 3. The molecule has 0 fully saturated rings. The molecule has 1 heterocycles. The van der Waals surface area contributed by atoms with Gasteiger partial charge in [0.25, 0.3) is 0 Å². The zero-order chi connectivity index (χ0) is 16.6. The van der Waals surface area contributed by atoms with E-state index in [1.54, 1.807) is 12.1 Å². The Bertz CT molecular complexity index is 805. The number of aldehydes is 1. The number of phenolic OH excluding ortho intramolecular Hbond substituents is 3. The SMILES string of the molecule is O=CCOC(=O)N1c2c(O)cccc2Nc2cc(O)cc(O)c21. The van der Waals surface area contributed by atoms with E-state index < -0.39 is 18.4 Å². The van der Waals surface area contributed by atoms with E-state index in [2.05, 4.69) is 5.32 Å². The van der Waals surface area contributed by atoms with Gasteiger partial charge in [-0.15, -0.1) is 0 Å². The molecular weight excluding hydrogens is 304 g/mol. The fourth-order valence-corrected chi connectivity index (χ4v) is 2.41. The van der Waals surface area contributed by atoms with Gasteiger partial charge in [-0.3, -0.25) is 4.79 Å². The second-order valence-electron chi connectivity index (χ2n) is 4.74. The number of hydrogen-bond acceptors (Lipinski definition) is 7. The molecule has 0 aliphatic carbocycles. The molecule has 8 heteroatoms. The van der Waals surface area contributed by atoms with Crippen molar-refractivity contribution in [1.82, 2.24) is 0 Å². The van der Waals surface area contributed by atoms with Crippen LogP contribution in [0.15, 0.2) is 30.3 Å². The molecule has 1 amide bonds. The lowest BCUT2D eigenvalue weighted by atomic mass is 10.1. The van der Waals surface area contributed by atoms with Crippen LogP contribution in [0.4, 0.5) is 27.5 Å². The molecule has 3 rings (SSSR count). The number of carbonyl (C=O) groups excluding carboxylic acids is 2. The lowest BCUT2D eigenvalue weighted by Gasteiger charge is -2.32. The first-order valence-corrected chi connectivity index (χ1v) is 6.58. The molecule has 0 unspecified atom stereocenters. The summed E-state index contributed by atoms with van der Waals surface area (Å²) in [5.41, 5.74) is 0.666. The maximum atomic E-state index is 12.3. The van der Waals surface area contributed by atoms with Gasteiger partial charge in [0.2, 0.25) is 0 Å². The van der Waals surface area contributed by atoms with Crippen molar-refractivity contribution in [2.24, 2.45) is 0 Å². The van der Waals surface area contributed by atoms with Crippen LogP contribution >= 0.6 is 0 Å². The van der Waals surface area contributed by atoms with Crippen LogP contribution in [0, 0.1) is 0 Å². The summed E-state index contributed by atoms with van der Waals surface area (Å²) in [7, 11) is 0. The van der Waals surface area contributed by atoms with Gasteiger partial charge < -0.3 is 25.4 Å². The van der Waals surface area contributed by atoms with E-state index in [1.165, 1.54) is 12.1 Å². The summed E-state index contributed by atoms with van der Waals surface area (Å²) in [6.45, 7) is -0.472. The predicted octanol–water partition coefficient (Wildman–Crippen LogP) is 2.33. The third kappa shape index (κ3) is 2.35. The summed E-state index contributed by atoms with van der Waals surface area (Å²) in [4.78, 5) is 23.7. The Morgan fingerprint density at radius 2 is 1.87 bits per heavy atom. The maximum Gasteiger partial charge on any atom is 0.419 e. The van der Waals surface area contributed by atoms with Crippen LogP contribution in [0.1, 0.15) is 0 Å². The number of ether oxygens (including phenoxy) is 1. The van der Waals surface area contributed by atoms with E-state index in [0.717, 1.165) is 11.0 Å². The molecule has 1 aliphatic heterocycles. The number of nitrogens with zero attached hydrogens (tertiary/aromatic N) is 1. The molecule has 0 saturated carbocycles. The third-order valence-corrected chi connectivity index (χ3v) is 3.26. The fourth-order valence-electron chi connectivity index (χ4n) is 2.41. The molecule has 1 aliphatic rings. The highest BCUT2D eigenvalue weighted by molar-refractivity contribution is 6.10. The van der Waals surface area contributed by atoms with Crippen LogP contribution in [-0.4, -0.2) is 34.3 Å². The van der Waals surface area contributed by atoms with Gasteiger partial charge in [-0.05, 0) is 12.1 Å². The van der Waals surface area contributed by atoms with Crippen LogP contribution in [0.2, 0.25) is 0 Å². The highest BCUT2D eigenvalue weighted by Gasteiger charge is 2.34. The summed E-state index contributed by atoms with van der Waals surface area (Å²) in [6.07, 6.45) is -0.549. The van der Waals surface area contributed by atoms with Gasteiger partial charge in [0.1, 0.15) is 35.2 Å². The Morgan fingerprint density at radius 3 is 2.61 bits per heavy atom. The fraction of sp³-hybridized carbons (Fsp3) is 0.0667. The van der Waals surface area contributed by atoms with Crippen molar-refractivity contribution in [2.75, 3.05) is 16.8 Å². The van der Waals surface area contributed by atoms with Crippen molar-refractivity contribution in [1.29, 1.82) is 0 Å². The second-order valence-corrected chi connectivity index (χ2v) is 4.74. The number of benzene rings is 2. The minimum Gasteiger partial charge on any atom is -0.508 e. The van der Waals surface area contributed by atoms with E-state index >= 15 is 0 Å². The first-order valence-electron chi connectivity index (χ1n) is 6.58. The van der Waals surface area contributed by atoms with Gasteiger partial charge >= 0.3 is 6.09 Å². The molecule has 118 valence electrons. The number of aromatic hydroxyl groups is 3. The van der Waals surface area contributed by atoms with Gasteiger partial charge in [-0.25, -0.2) is 9.69 Å². The van der Waals surface area contributed by atoms with Crippen molar-refractivity contribution < 1.29 is 29.6 Å². The molecule has 0 aromatic heterocycles. The Labute approximate surface area is 130 Å². The molecule has 0 bridgehead atoms. The quantitative estimate of drug-likeness (QED) is 0.628. The smallest absolute Gasteiger partial charge is 0.419 e. The Kier molecular flexibility index (Phi) is 3.41. The number of fused-ring (bicyclic) bond motifs is 2. The van der Waals surface area contributed by atoms with Crippen LogP contribution in [0.25, 0.3) is 0 Å². The van der Waals surface area contributed by atoms with Crippen LogP contribution in [0.5, 0.6) is 17.2 Å². The standard InChI is InChI=1S/C15H12N2O6/c18-4-5-23-15(22)17-13-9(2-1-3-11(13)20)16-10-6-8(19)7-12(21)14(10)17/h1-4,6-7,16,19-21H,5H2. The molecule has 0 spiro atoms. The number of amides is 1. The van der Waals surface area contributed by atoms with Crippen molar-refractivity contribution in [2.45, 2.75) is 0 Å². The number of anilines is 4. The van der Waals surface area contributed by atoms with Crippen LogP contribution < -0.4 is 10.2 Å². The zero-order valence-electron chi connectivity index (χ0n) is 11.7. The summed E-state index contributed by atoms with van der Waals surface area (Å²) in [6, 6.07) is 6.87. The average Bonchev–Trinajstić information content (AvgIpc) is 2.50. The van der Waals surface area contributed by atoms with E-state index in [4.69, 9.17) is 4.74 Å². The Balaban J connectivity index is 2.21. The molecule has 2 aromatic carbocycles. The molecule has 0 radical (unpaired) electrons. The van der Waals surface area contributed by atoms with E-state index in [-0.39, 0.29) is 28.6 Å². The summed E-state index contributed by atoms with van der Waals surface area (Å²) in [5.74, 6) is -0.834. The number of rotatable bonds is 2. The molecule has 23 heavy (non-hydrogen) atoms. The van der Waals surface area contributed by atoms with Crippen LogP contribution in [0.3, 0.4) is 0 Å². The first-order chi connectivity index (χ1) is 11.0. The number of hydrogen-bond donors (Lipinski definition) is 4. The summed E-state index contributed by atoms with van der Waals surface area (Å²) in [5, 5.41) is 32.7. The van der Waals surface area contributed by atoms with Gasteiger partial charge in [0.05, 0.1) is 11.4 Å².